The molecule has 0 aliphatic rings. The van der Waals surface area contributed by atoms with E-state index in [9.17, 15) is 23.2 Å². The van der Waals surface area contributed by atoms with Crippen LogP contribution in [0.15, 0.2) is 59.1 Å². The molecule has 0 aliphatic carbocycles. The van der Waals surface area contributed by atoms with E-state index in [1.807, 2.05) is 6.07 Å². The average molecular weight is 483 g/mol. The Morgan fingerprint density at radius 1 is 1.14 bits per heavy atom. The van der Waals surface area contributed by atoms with Gasteiger partial charge in [-0.25, -0.2) is 0 Å². The first kappa shape index (κ1) is 21.0. The maximum absolute atomic E-state index is 13.8. The molecule has 1 heterocycles. The van der Waals surface area contributed by atoms with E-state index in [-0.39, 0.29) is 15.7 Å². The third kappa shape index (κ3) is 4.31. The summed E-state index contributed by atoms with van der Waals surface area (Å²) in [4.78, 5) is 12.3. The molecule has 9 heteroatoms. The number of amides is 1. The first-order chi connectivity index (χ1) is 13.7. The quantitative estimate of drug-likeness (QED) is 0.507. The summed E-state index contributed by atoms with van der Waals surface area (Å²) in [6, 6.07) is 16.0. The van der Waals surface area contributed by atoms with Crippen molar-refractivity contribution in [2.45, 2.75) is 12.8 Å². The van der Waals surface area contributed by atoms with Crippen molar-refractivity contribution in [2.24, 2.45) is 0 Å². The molecule has 3 rings (SSSR count). The smallest absolute Gasteiger partial charge is 0.334 e. The summed E-state index contributed by atoms with van der Waals surface area (Å²) < 4.78 is 41.8. The molecule has 0 unspecified atom stereocenters. The number of carbonyl (C=O) groups is 1. The highest BCUT2D eigenvalue weighted by Crippen LogP contribution is 2.43. The molecule has 2 aromatic carbocycles. The normalized spacial score (nSPS) is 11.2. The van der Waals surface area contributed by atoms with Crippen LogP contribution in [-0.2, 0) is 12.8 Å². The topological polar surface area (TPSA) is 57.8 Å². The van der Waals surface area contributed by atoms with Crippen molar-refractivity contribution in [1.29, 1.82) is 5.26 Å². The Hall–Kier alpha value is -2.76. The van der Waals surface area contributed by atoms with Gasteiger partial charge in [-0.05, 0) is 45.8 Å². The van der Waals surface area contributed by atoms with E-state index in [1.54, 1.807) is 30.3 Å². The molecule has 0 saturated carbocycles. The summed E-state index contributed by atoms with van der Waals surface area (Å²) in [6.45, 7) is -0.485. The van der Waals surface area contributed by atoms with Gasteiger partial charge in [0.15, 0.2) is 0 Å². The van der Waals surface area contributed by atoms with E-state index in [0.717, 1.165) is 4.57 Å². The van der Waals surface area contributed by atoms with E-state index < -0.39 is 24.4 Å². The van der Waals surface area contributed by atoms with Crippen LogP contribution < -0.4 is 5.32 Å². The Balaban J connectivity index is 2.11. The molecule has 1 aromatic heterocycles. The fourth-order valence-corrected chi connectivity index (χ4v) is 3.72. The lowest BCUT2D eigenvalue weighted by Gasteiger charge is -2.16. The molecule has 0 bridgehead atoms. The zero-order chi connectivity index (χ0) is 21.2. The van der Waals surface area contributed by atoms with E-state index in [4.69, 9.17) is 11.6 Å². The number of alkyl halides is 3. The van der Waals surface area contributed by atoms with Gasteiger partial charge in [-0.3, -0.25) is 4.79 Å². The van der Waals surface area contributed by atoms with Gasteiger partial charge in [0.2, 0.25) is 0 Å². The molecule has 0 aliphatic heterocycles. The maximum atomic E-state index is 13.8. The zero-order valence-corrected chi connectivity index (χ0v) is 16.9. The molecule has 4 nitrogen and oxygen atoms in total. The minimum absolute atomic E-state index is 0.0247. The molecular formula is C20H12BrClF3N3O. The number of hydrogen-bond acceptors (Lipinski definition) is 2. The standard InChI is InChI=1S/C20H12BrClF3N3O/c21-16-15(10-26)17(12-6-8-14(22)9-7-12)28(18(16)20(23,24)25)11-27-19(29)13-4-2-1-3-5-13/h1-9H,11H2,(H,27,29). The van der Waals surface area contributed by atoms with Gasteiger partial charge in [-0.2, -0.15) is 18.4 Å². The third-order valence-electron chi connectivity index (χ3n) is 4.14. The van der Waals surface area contributed by atoms with Crippen LogP contribution in [0.25, 0.3) is 11.3 Å². The highest BCUT2D eigenvalue weighted by atomic mass is 79.9. The molecule has 148 valence electrons. The molecule has 0 saturated heterocycles. The Labute approximate surface area is 177 Å². The summed E-state index contributed by atoms with van der Waals surface area (Å²) in [5.41, 5.74) is -0.561. The Kier molecular flexibility index (Phi) is 6.01. The van der Waals surface area contributed by atoms with E-state index in [2.05, 4.69) is 21.2 Å². The predicted octanol–water partition coefficient (Wildman–Crippen LogP) is 5.85. The van der Waals surface area contributed by atoms with Crippen LogP contribution in [0.3, 0.4) is 0 Å². The molecule has 0 spiro atoms. The van der Waals surface area contributed by atoms with Gasteiger partial charge in [0.25, 0.3) is 5.91 Å². The van der Waals surface area contributed by atoms with Crippen molar-refractivity contribution in [3.63, 3.8) is 0 Å². The van der Waals surface area contributed by atoms with E-state index in [0.29, 0.717) is 16.1 Å². The van der Waals surface area contributed by atoms with Crippen LogP contribution in [0, 0.1) is 11.3 Å². The average Bonchev–Trinajstić information content (AvgIpc) is 2.99. The molecule has 0 radical (unpaired) electrons. The van der Waals surface area contributed by atoms with Crippen LogP contribution in [-0.4, -0.2) is 10.5 Å². The molecule has 0 fully saturated rings. The second-order valence-corrected chi connectivity index (χ2v) is 7.19. The summed E-state index contributed by atoms with van der Waals surface area (Å²) >= 11 is 8.78. The summed E-state index contributed by atoms with van der Waals surface area (Å²) in [6.07, 6.45) is -4.76. The van der Waals surface area contributed by atoms with Gasteiger partial charge in [-0.1, -0.05) is 41.9 Å². The number of rotatable bonds is 4. The lowest BCUT2D eigenvalue weighted by atomic mass is 10.1. The lowest BCUT2D eigenvalue weighted by molar-refractivity contribution is -0.144. The molecule has 1 amide bonds. The van der Waals surface area contributed by atoms with Gasteiger partial charge < -0.3 is 9.88 Å². The van der Waals surface area contributed by atoms with Crippen molar-refractivity contribution in [1.82, 2.24) is 9.88 Å². The van der Waals surface area contributed by atoms with Gasteiger partial charge in [0.1, 0.15) is 11.8 Å². The largest absolute Gasteiger partial charge is 0.432 e. The molecule has 3 aromatic rings. The highest BCUT2D eigenvalue weighted by Gasteiger charge is 2.40. The first-order valence-corrected chi connectivity index (χ1v) is 9.39. The van der Waals surface area contributed by atoms with Gasteiger partial charge in [0.05, 0.1) is 22.4 Å². The minimum Gasteiger partial charge on any atom is -0.334 e. The number of aromatic nitrogens is 1. The number of benzene rings is 2. The van der Waals surface area contributed by atoms with Crippen molar-refractivity contribution in [3.05, 3.63) is 80.9 Å². The lowest BCUT2D eigenvalue weighted by Crippen LogP contribution is -2.29. The molecule has 1 N–H and O–H groups in total. The van der Waals surface area contributed by atoms with Crippen LogP contribution in [0.2, 0.25) is 5.02 Å². The Morgan fingerprint density at radius 2 is 1.76 bits per heavy atom. The molecule has 0 atom stereocenters. The predicted molar refractivity (Wildman–Crippen MR) is 106 cm³/mol. The minimum atomic E-state index is -4.76. The third-order valence-corrected chi connectivity index (χ3v) is 5.16. The second-order valence-electron chi connectivity index (χ2n) is 5.96. The Bertz CT molecular complexity index is 1090. The molecule has 29 heavy (non-hydrogen) atoms. The number of halogens is 5. The summed E-state index contributed by atoms with van der Waals surface area (Å²) in [7, 11) is 0. The number of nitrogens with one attached hydrogen (secondary N) is 1. The monoisotopic (exact) mass is 481 g/mol. The van der Waals surface area contributed by atoms with Gasteiger partial charge >= 0.3 is 6.18 Å². The number of nitriles is 1. The first-order valence-electron chi connectivity index (χ1n) is 8.22. The van der Waals surface area contributed by atoms with Crippen molar-refractivity contribution < 1.29 is 18.0 Å². The maximum Gasteiger partial charge on any atom is 0.432 e. The van der Waals surface area contributed by atoms with Crippen molar-refractivity contribution in [3.8, 4) is 17.3 Å². The second kappa shape index (κ2) is 8.31. The number of hydrogen-bond donors (Lipinski definition) is 1. The van der Waals surface area contributed by atoms with Crippen LogP contribution >= 0.6 is 27.5 Å². The van der Waals surface area contributed by atoms with Crippen LogP contribution in [0.1, 0.15) is 21.6 Å². The van der Waals surface area contributed by atoms with Crippen LogP contribution in [0.4, 0.5) is 13.2 Å². The molecular weight excluding hydrogens is 471 g/mol. The van der Waals surface area contributed by atoms with Gasteiger partial charge in [-0.15, -0.1) is 0 Å². The van der Waals surface area contributed by atoms with E-state index >= 15 is 0 Å². The number of nitrogens with zero attached hydrogens (tertiary/aromatic N) is 2. The van der Waals surface area contributed by atoms with Crippen LogP contribution in [0.5, 0.6) is 0 Å². The van der Waals surface area contributed by atoms with Crippen molar-refractivity contribution >= 4 is 33.4 Å². The SMILES string of the molecule is N#Cc1c(Br)c(C(F)(F)F)n(CNC(=O)c2ccccc2)c1-c1ccc(Cl)cc1. The highest BCUT2D eigenvalue weighted by molar-refractivity contribution is 9.10. The van der Waals surface area contributed by atoms with Crippen molar-refractivity contribution in [2.75, 3.05) is 0 Å². The summed E-state index contributed by atoms with van der Waals surface area (Å²) in [5, 5.41) is 12.4. The fraction of sp³-hybridized carbons (Fsp3) is 0.100. The van der Waals surface area contributed by atoms with E-state index in [1.165, 1.54) is 24.3 Å². The number of carbonyl (C=O) groups excluding carboxylic acids is 1. The summed E-state index contributed by atoms with van der Waals surface area (Å²) in [5.74, 6) is -0.538. The van der Waals surface area contributed by atoms with Gasteiger partial charge in [0, 0.05) is 10.6 Å². The Morgan fingerprint density at radius 3 is 2.31 bits per heavy atom. The zero-order valence-electron chi connectivity index (χ0n) is 14.6. The fourth-order valence-electron chi connectivity index (χ4n) is 2.88.